The zero-order valence-electron chi connectivity index (χ0n) is 15.5. The number of hydrogen-bond donors (Lipinski definition) is 1. The van der Waals surface area contributed by atoms with Crippen molar-refractivity contribution in [3.05, 3.63) is 28.3 Å². The Labute approximate surface area is 177 Å². The van der Waals surface area contributed by atoms with Gasteiger partial charge in [-0.1, -0.05) is 40.8 Å². The molecule has 2 aromatic rings. The van der Waals surface area contributed by atoms with Gasteiger partial charge in [0.25, 0.3) is 0 Å². The van der Waals surface area contributed by atoms with Gasteiger partial charge in [-0.2, -0.15) is 10.5 Å². The number of aryl methyl sites for hydroxylation is 2. The lowest BCUT2D eigenvalue weighted by molar-refractivity contribution is -0.128. The molecule has 1 aromatic heterocycles. The fourth-order valence-electron chi connectivity index (χ4n) is 2.45. The average Bonchev–Trinajstić information content (AvgIpc) is 3.10. The lowest BCUT2D eigenvalue weighted by Gasteiger charge is -2.19. The number of rotatable bonds is 9. The van der Waals surface area contributed by atoms with Crippen LogP contribution in [0.25, 0.3) is 0 Å². The minimum absolute atomic E-state index is 0.127. The highest BCUT2D eigenvalue weighted by atomic mass is 35.5. The molecule has 0 atom stereocenters. The van der Waals surface area contributed by atoms with E-state index in [1.165, 1.54) is 28.0 Å². The van der Waals surface area contributed by atoms with Crippen molar-refractivity contribution in [3.8, 4) is 12.1 Å². The van der Waals surface area contributed by atoms with E-state index in [0.29, 0.717) is 27.6 Å². The molecule has 1 amide bonds. The third-order valence-corrected chi connectivity index (χ3v) is 5.98. The second-order valence-corrected chi connectivity index (χ2v) is 8.53. The Balaban J connectivity index is 1.96. The number of carbonyl (C=O) groups is 1. The summed E-state index contributed by atoms with van der Waals surface area (Å²) in [5.74, 6) is 0.0492. The maximum Gasteiger partial charge on any atom is 0.233 e. The molecule has 0 unspecified atom stereocenters. The quantitative estimate of drug-likeness (QED) is 0.586. The van der Waals surface area contributed by atoms with E-state index in [0.717, 1.165) is 16.8 Å². The molecule has 7 nitrogen and oxygen atoms in total. The van der Waals surface area contributed by atoms with Crippen LogP contribution < -0.4 is 5.32 Å². The molecule has 0 fully saturated rings. The topological polar surface area (TPSA) is 106 Å². The van der Waals surface area contributed by atoms with E-state index < -0.39 is 0 Å². The van der Waals surface area contributed by atoms with E-state index in [1.807, 2.05) is 38.1 Å². The monoisotopic (exact) mass is 434 g/mol. The smallest absolute Gasteiger partial charge is 0.233 e. The van der Waals surface area contributed by atoms with E-state index in [2.05, 4.69) is 15.5 Å². The second-order valence-electron chi connectivity index (χ2n) is 5.92. The number of amides is 1. The minimum atomic E-state index is -0.127. The van der Waals surface area contributed by atoms with Crippen LogP contribution in [0.15, 0.2) is 16.5 Å². The van der Waals surface area contributed by atoms with Crippen molar-refractivity contribution in [2.24, 2.45) is 0 Å². The van der Waals surface area contributed by atoms with Crippen LogP contribution in [0, 0.1) is 36.5 Å². The maximum absolute atomic E-state index is 12.4. The zero-order valence-corrected chi connectivity index (χ0v) is 17.9. The van der Waals surface area contributed by atoms with Gasteiger partial charge in [0.15, 0.2) is 4.34 Å². The summed E-state index contributed by atoms with van der Waals surface area (Å²) in [4.78, 5) is 13.9. The number of halogens is 1. The lowest BCUT2D eigenvalue weighted by Crippen LogP contribution is -2.34. The summed E-state index contributed by atoms with van der Waals surface area (Å²) in [7, 11) is 0. The van der Waals surface area contributed by atoms with Crippen LogP contribution in [0.5, 0.6) is 0 Å². The molecule has 0 radical (unpaired) electrons. The van der Waals surface area contributed by atoms with Crippen molar-refractivity contribution in [3.63, 3.8) is 0 Å². The highest BCUT2D eigenvalue weighted by Gasteiger charge is 2.15. The Morgan fingerprint density at radius 3 is 2.54 bits per heavy atom. The van der Waals surface area contributed by atoms with E-state index in [1.54, 1.807) is 0 Å². The van der Waals surface area contributed by atoms with Gasteiger partial charge in [-0.25, -0.2) is 0 Å². The number of thioether (sulfide) groups is 1. The van der Waals surface area contributed by atoms with Gasteiger partial charge in [0, 0.05) is 13.1 Å². The molecule has 0 bridgehead atoms. The Morgan fingerprint density at radius 2 is 1.93 bits per heavy atom. The largest absolute Gasteiger partial charge is 0.340 e. The lowest BCUT2D eigenvalue weighted by atomic mass is 10.1. The number of nitrogens with zero attached hydrogens (tertiary/aromatic N) is 5. The molecule has 1 N–H and O–H groups in total. The first-order valence-corrected chi connectivity index (χ1v) is 10.6. The number of aromatic nitrogens is 2. The molecule has 0 spiro atoms. The molecule has 1 heterocycles. The number of nitrogens with one attached hydrogen (secondary N) is 1. The van der Waals surface area contributed by atoms with Crippen molar-refractivity contribution >= 4 is 51.4 Å². The predicted molar refractivity (Wildman–Crippen MR) is 112 cm³/mol. The highest BCUT2D eigenvalue weighted by molar-refractivity contribution is 8.01. The first-order valence-electron chi connectivity index (χ1n) is 8.46. The number of benzene rings is 1. The molecule has 0 saturated carbocycles. The van der Waals surface area contributed by atoms with Crippen LogP contribution in [-0.4, -0.2) is 39.8 Å². The molecular formula is C18H19ClN6OS2. The molecule has 0 aliphatic rings. The van der Waals surface area contributed by atoms with Gasteiger partial charge >= 0.3 is 0 Å². The molecule has 28 heavy (non-hydrogen) atoms. The Bertz CT molecular complexity index is 877. The third-order valence-electron chi connectivity index (χ3n) is 3.73. The van der Waals surface area contributed by atoms with Gasteiger partial charge in [0.05, 0.1) is 41.4 Å². The van der Waals surface area contributed by atoms with Gasteiger partial charge in [0.2, 0.25) is 11.0 Å². The van der Waals surface area contributed by atoms with Gasteiger partial charge in [-0.3, -0.25) is 4.79 Å². The number of carbonyl (C=O) groups excluding carboxylic acids is 1. The van der Waals surface area contributed by atoms with Crippen molar-refractivity contribution in [2.75, 3.05) is 24.2 Å². The first-order chi connectivity index (χ1) is 13.4. The molecule has 2 rings (SSSR count). The minimum Gasteiger partial charge on any atom is -0.340 e. The summed E-state index contributed by atoms with van der Waals surface area (Å²) in [6.07, 6.45) is 0.483. The average molecular weight is 435 g/mol. The molecule has 0 aliphatic heterocycles. The van der Waals surface area contributed by atoms with Gasteiger partial charge in [-0.05, 0) is 31.0 Å². The summed E-state index contributed by atoms with van der Waals surface area (Å²) in [5.41, 5.74) is 2.88. The van der Waals surface area contributed by atoms with Gasteiger partial charge < -0.3 is 10.2 Å². The summed E-state index contributed by atoms with van der Waals surface area (Å²) in [5, 5.41) is 30.0. The fraction of sp³-hybridized carbons (Fsp3) is 0.389. The summed E-state index contributed by atoms with van der Waals surface area (Å²) in [6, 6.07) is 7.95. The molecule has 146 valence electrons. The van der Waals surface area contributed by atoms with Crippen molar-refractivity contribution in [1.82, 2.24) is 15.1 Å². The van der Waals surface area contributed by atoms with Crippen LogP contribution in [0.4, 0.5) is 10.8 Å². The first kappa shape index (κ1) is 22.0. The standard InChI is InChI=1S/C18H19ClN6OS2/c1-12-9-13(2)16(14(19)10-12)22-17-23-24-18(28-17)27-11-15(26)25(7-3-5-20)8-4-6-21/h9-10H,3-4,7-8,11H2,1-2H3,(H,22,23). The fourth-order valence-corrected chi connectivity index (χ4v) is 4.47. The van der Waals surface area contributed by atoms with Crippen molar-refractivity contribution in [2.45, 2.75) is 31.0 Å². The zero-order chi connectivity index (χ0) is 20.5. The second kappa shape index (κ2) is 10.9. The number of nitriles is 2. The van der Waals surface area contributed by atoms with E-state index in [-0.39, 0.29) is 24.5 Å². The molecule has 0 aliphatic carbocycles. The molecule has 1 aromatic carbocycles. The molecule has 0 saturated heterocycles. The van der Waals surface area contributed by atoms with Crippen molar-refractivity contribution in [1.29, 1.82) is 10.5 Å². The number of hydrogen-bond acceptors (Lipinski definition) is 8. The van der Waals surface area contributed by atoms with Crippen LogP contribution in [0.1, 0.15) is 24.0 Å². The summed E-state index contributed by atoms with van der Waals surface area (Å²) < 4.78 is 0.650. The molecular weight excluding hydrogens is 416 g/mol. The normalized spacial score (nSPS) is 10.2. The Kier molecular flexibility index (Phi) is 8.52. The summed E-state index contributed by atoms with van der Waals surface area (Å²) >= 11 is 8.92. The molecule has 10 heteroatoms. The third kappa shape index (κ3) is 6.38. The highest BCUT2D eigenvalue weighted by Crippen LogP contribution is 2.33. The predicted octanol–water partition coefficient (Wildman–Crippen LogP) is 4.30. The van der Waals surface area contributed by atoms with Crippen LogP contribution in [0.3, 0.4) is 0 Å². The van der Waals surface area contributed by atoms with Crippen molar-refractivity contribution < 1.29 is 4.79 Å². The van der Waals surface area contributed by atoms with Crippen LogP contribution in [-0.2, 0) is 4.79 Å². The van der Waals surface area contributed by atoms with Gasteiger partial charge in [0.1, 0.15) is 0 Å². The van der Waals surface area contributed by atoms with E-state index >= 15 is 0 Å². The van der Waals surface area contributed by atoms with Gasteiger partial charge in [-0.15, -0.1) is 10.2 Å². The Morgan fingerprint density at radius 1 is 1.25 bits per heavy atom. The summed E-state index contributed by atoms with van der Waals surface area (Å²) in [6.45, 7) is 4.60. The maximum atomic E-state index is 12.4. The van der Waals surface area contributed by atoms with Crippen LogP contribution in [0.2, 0.25) is 5.02 Å². The Hall–Kier alpha value is -2.33. The SMILES string of the molecule is Cc1cc(C)c(Nc2nnc(SCC(=O)N(CCC#N)CCC#N)s2)c(Cl)c1. The van der Waals surface area contributed by atoms with E-state index in [9.17, 15) is 4.79 Å². The van der Waals surface area contributed by atoms with Crippen LogP contribution >= 0.6 is 34.7 Å². The van der Waals surface area contributed by atoms with E-state index in [4.69, 9.17) is 22.1 Å². The number of anilines is 2.